The summed E-state index contributed by atoms with van der Waals surface area (Å²) in [6.45, 7) is 0.653. The van der Waals surface area contributed by atoms with E-state index in [1.807, 2.05) is 18.2 Å². The summed E-state index contributed by atoms with van der Waals surface area (Å²) in [5.41, 5.74) is 1.05. The number of ether oxygens (including phenoxy) is 2. The highest BCUT2D eigenvalue weighted by Gasteiger charge is 2.05. The molecule has 0 aromatic heterocycles. The summed E-state index contributed by atoms with van der Waals surface area (Å²) in [4.78, 5) is 0. The predicted molar refractivity (Wildman–Crippen MR) is 52.5 cm³/mol. The number of hydrogen-bond acceptors (Lipinski definition) is 2. The van der Waals surface area contributed by atoms with Crippen LogP contribution in [-0.4, -0.2) is 21.3 Å². The molecule has 3 nitrogen and oxygen atoms in total. The monoisotopic (exact) mass is 180 g/mol. The van der Waals surface area contributed by atoms with Gasteiger partial charge in [-0.25, -0.2) is 0 Å². The van der Waals surface area contributed by atoms with E-state index < -0.39 is 0 Å². The topological polar surface area (TPSA) is 32.6 Å². The van der Waals surface area contributed by atoms with Crippen molar-refractivity contribution in [1.82, 2.24) is 0 Å². The molecule has 0 aliphatic rings. The lowest BCUT2D eigenvalue weighted by Gasteiger charge is -2.16. The average molecular weight is 180 g/mol. The van der Waals surface area contributed by atoms with Crippen LogP contribution in [0.15, 0.2) is 18.2 Å². The lowest BCUT2D eigenvalue weighted by atomic mass is 10.2. The minimum Gasteiger partial charge on any atom is -0.661 e. The largest absolute Gasteiger partial charge is 0.661 e. The van der Waals surface area contributed by atoms with Gasteiger partial charge in [0.1, 0.15) is 0 Å². The number of rotatable bonds is 4. The molecule has 0 bridgehead atoms. The maximum Gasteiger partial charge on any atom is 0.162 e. The first-order chi connectivity index (χ1) is 6.33. The van der Waals surface area contributed by atoms with Crippen molar-refractivity contribution in [2.75, 3.05) is 21.3 Å². The summed E-state index contributed by atoms with van der Waals surface area (Å²) < 4.78 is 10.4. The van der Waals surface area contributed by atoms with Crippen LogP contribution in [0.5, 0.6) is 11.5 Å². The summed E-state index contributed by atoms with van der Waals surface area (Å²) >= 11 is 0. The van der Waals surface area contributed by atoms with Crippen LogP contribution >= 0.6 is 0 Å². The normalized spacial score (nSPS) is 9.77. The van der Waals surface area contributed by atoms with Gasteiger partial charge in [-0.2, -0.15) is 7.05 Å². The van der Waals surface area contributed by atoms with Crippen molar-refractivity contribution in [2.45, 2.75) is 6.54 Å². The molecule has 0 atom stereocenters. The van der Waals surface area contributed by atoms with Crippen molar-refractivity contribution in [3.8, 4) is 11.5 Å². The van der Waals surface area contributed by atoms with E-state index in [9.17, 15) is 0 Å². The Morgan fingerprint density at radius 1 is 1.23 bits per heavy atom. The molecule has 0 N–H and O–H groups in total. The lowest BCUT2D eigenvalue weighted by Crippen LogP contribution is -1.95. The van der Waals surface area contributed by atoms with Crippen LogP contribution in [0, 0.1) is 0 Å². The molecule has 0 heterocycles. The molecule has 0 amide bonds. The van der Waals surface area contributed by atoms with Gasteiger partial charge < -0.3 is 14.8 Å². The van der Waals surface area contributed by atoms with E-state index in [1.165, 1.54) is 0 Å². The fraction of sp³-hybridized carbons (Fsp3) is 0.400. The number of benzene rings is 1. The van der Waals surface area contributed by atoms with Gasteiger partial charge in [0, 0.05) is 0 Å². The molecule has 0 radical (unpaired) electrons. The molecule has 0 fully saturated rings. The van der Waals surface area contributed by atoms with Gasteiger partial charge in [0.2, 0.25) is 0 Å². The van der Waals surface area contributed by atoms with E-state index in [0.29, 0.717) is 6.54 Å². The third kappa shape index (κ3) is 2.12. The van der Waals surface area contributed by atoms with E-state index in [0.717, 1.165) is 17.1 Å². The SMILES string of the molecule is C[N-]Cc1cccc(OC)c1OC. The summed E-state index contributed by atoms with van der Waals surface area (Å²) in [5.74, 6) is 1.53. The molecule has 1 rings (SSSR count). The van der Waals surface area contributed by atoms with E-state index in [4.69, 9.17) is 9.47 Å². The smallest absolute Gasteiger partial charge is 0.162 e. The van der Waals surface area contributed by atoms with Crippen LogP contribution < -0.4 is 9.47 Å². The van der Waals surface area contributed by atoms with Crippen molar-refractivity contribution in [3.05, 3.63) is 29.1 Å². The van der Waals surface area contributed by atoms with Crippen LogP contribution in [0.1, 0.15) is 5.56 Å². The van der Waals surface area contributed by atoms with Gasteiger partial charge in [-0.15, -0.1) is 6.54 Å². The molecule has 3 heteroatoms. The van der Waals surface area contributed by atoms with Crippen molar-refractivity contribution < 1.29 is 9.47 Å². The first-order valence-electron chi connectivity index (χ1n) is 4.09. The number of para-hydroxylation sites is 1. The molecule has 0 saturated heterocycles. The van der Waals surface area contributed by atoms with Gasteiger partial charge in [-0.1, -0.05) is 12.1 Å². The minimum atomic E-state index is 0.653. The lowest BCUT2D eigenvalue weighted by molar-refractivity contribution is 0.352. The minimum absolute atomic E-state index is 0.653. The predicted octanol–water partition coefficient (Wildman–Crippen LogP) is 2.21. The van der Waals surface area contributed by atoms with Crippen LogP contribution in [-0.2, 0) is 6.54 Å². The molecular weight excluding hydrogens is 166 g/mol. The summed E-state index contributed by atoms with van der Waals surface area (Å²) in [6, 6.07) is 5.79. The van der Waals surface area contributed by atoms with Gasteiger partial charge in [0.15, 0.2) is 11.5 Å². The van der Waals surface area contributed by atoms with Gasteiger partial charge in [-0.05, 0) is 11.6 Å². The Balaban J connectivity index is 3.03. The Morgan fingerprint density at radius 2 is 2.00 bits per heavy atom. The van der Waals surface area contributed by atoms with E-state index >= 15 is 0 Å². The van der Waals surface area contributed by atoms with Crippen molar-refractivity contribution in [1.29, 1.82) is 0 Å². The highest BCUT2D eigenvalue weighted by atomic mass is 16.5. The van der Waals surface area contributed by atoms with Crippen LogP contribution in [0.3, 0.4) is 0 Å². The van der Waals surface area contributed by atoms with Crippen molar-refractivity contribution >= 4 is 0 Å². The fourth-order valence-electron chi connectivity index (χ4n) is 1.25. The van der Waals surface area contributed by atoms with Crippen LogP contribution in [0.25, 0.3) is 5.32 Å². The Labute approximate surface area is 78.7 Å². The van der Waals surface area contributed by atoms with E-state index in [1.54, 1.807) is 21.3 Å². The van der Waals surface area contributed by atoms with E-state index in [-0.39, 0.29) is 0 Å². The molecular formula is C10H14NO2-. The van der Waals surface area contributed by atoms with Gasteiger partial charge in [0.25, 0.3) is 0 Å². The zero-order chi connectivity index (χ0) is 9.68. The quantitative estimate of drug-likeness (QED) is 0.711. The third-order valence-electron chi connectivity index (χ3n) is 1.81. The first-order valence-corrected chi connectivity index (χ1v) is 4.09. The van der Waals surface area contributed by atoms with Gasteiger partial charge in [-0.3, -0.25) is 0 Å². The van der Waals surface area contributed by atoms with Crippen LogP contribution in [0.2, 0.25) is 0 Å². The third-order valence-corrected chi connectivity index (χ3v) is 1.81. The standard InChI is InChI=1S/C10H14NO2/c1-11-7-8-5-4-6-9(12-2)10(8)13-3/h4-6H,7H2,1-3H3/q-1. The fourth-order valence-corrected chi connectivity index (χ4v) is 1.25. The molecule has 1 aromatic carbocycles. The molecule has 13 heavy (non-hydrogen) atoms. The Kier molecular flexibility index (Phi) is 3.58. The van der Waals surface area contributed by atoms with E-state index in [2.05, 4.69) is 5.32 Å². The highest BCUT2D eigenvalue weighted by molar-refractivity contribution is 5.47. The second-order valence-electron chi connectivity index (χ2n) is 2.63. The first kappa shape index (κ1) is 9.86. The average Bonchev–Trinajstić information content (AvgIpc) is 2.18. The highest BCUT2D eigenvalue weighted by Crippen LogP contribution is 2.31. The van der Waals surface area contributed by atoms with Crippen LogP contribution in [0.4, 0.5) is 0 Å². The molecule has 72 valence electrons. The molecule has 0 unspecified atom stereocenters. The Bertz CT molecular complexity index is 274. The zero-order valence-electron chi connectivity index (χ0n) is 8.20. The molecule has 0 aliphatic carbocycles. The summed E-state index contributed by atoms with van der Waals surface area (Å²) in [6.07, 6.45) is 0. The van der Waals surface area contributed by atoms with Crippen molar-refractivity contribution in [3.63, 3.8) is 0 Å². The summed E-state index contributed by atoms with van der Waals surface area (Å²) in [7, 11) is 5.04. The molecule has 1 aromatic rings. The molecule has 0 saturated carbocycles. The van der Waals surface area contributed by atoms with Crippen molar-refractivity contribution in [2.24, 2.45) is 0 Å². The number of nitrogens with zero attached hydrogens (tertiary/aromatic N) is 1. The molecule has 0 spiro atoms. The maximum absolute atomic E-state index is 5.23. The van der Waals surface area contributed by atoms with Gasteiger partial charge >= 0.3 is 0 Å². The number of methoxy groups -OCH3 is 2. The van der Waals surface area contributed by atoms with Gasteiger partial charge in [0.05, 0.1) is 14.2 Å². The second-order valence-corrected chi connectivity index (χ2v) is 2.63. The zero-order valence-corrected chi connectivity index (χ0v) is 8.20. The number of hydrogen-bond donors (Lipinski definition) is 0. The Morgan fingerprint density at radius 3 is 2.54 bits per heavy atom. The second kappa shape index (κ2) is 4.72. The summed E-state index contributed by atoms with van der Waals surface area (Å²) in [5, 5.41) is 4.05. The Hall–Kier alpha value is -1.22. The maximum atomic E-state index is 5.23. The molecule has 0 aliphatic heterocycles.